The van der Waals surface area contributed by atoms with Gasteiger partial charge in [-0.15, -0.1) is 0 Å². The van der Waals surface area contributed by atoms with E-state index in [1.807, 2.05) is 0 Å². The first-order valence-corrected chi connectivity index (χ1v) is 10.5. The van der Waals surface area contributed by atoms with Crippen LogP contribution in [0.5, 0.6) is 5.75 Å². The number of hydrogen-bond donors (Lipinski definition) is 2. The quantitative estimate of drug-likeness (QED) is 0.325. The molecule has 0 aliphatic rings. The summed E-state index contributed by atoms with van der Waals surface area (Å²) in [6, 6.07) is 16.4. The van der Waals surface area contributed by atoms with Crippen molar-refractivity contribution in [3.05, 3.63) is 92.4 Å². The highest BCUT2D eigenvalue weighted by Gasteiger charge is 2.13. The van der Waals surface area contributed by atoms with Gasteiger partial charge in [-0.2, -0.15) is 5.10 Å². The topological polar surface area (TPSA) is 79.8 Å². The van der Waals surface area contributed by atoms with Gasteiger partial charge in [0.1, 0.15) is 5.75 Å². The maximum atomic E-state index is 12.4. The molecule has 3 aromatic carbocycles. The molecule has 3 rings (SSSR count). The van der Waals surface area contributed by atoms with Gasteiger partial charge in [0.2, 0.25) is 0 Å². The van der Waals surface area contributed by atoms with Crippen LogP contribution in [0.15, 0.2) is 65.8 Å². The molecule has 3 aromatic rings. The lowest BCUT2D eigenvalue weighted by atomic mass is 10.1. The number of halogens is 3. The fraction of sp³-hybridized carbons (Fsp3) is 0.0870. The number of benzene rings is 3. The first-order chi connectivity index (χ1) is 15.3. The summed E-state index contributed by atoms with van der Waals surface area (Å²) in [6.07, 6.45) is 0. The number of amides is 2. The SMILES string of the molecule is COc1ccc(Cl)cc1C(=O)N/N=C(/C)c1ccc(NC(=O)c2ccc(Cl)cc2Cl)cc1. The van der Waals surface area contributed by atoms with Gasteiger partial charge in [0.25, 0.3) is 11.8 Å². The maximum Gasteiger partial charge on any atom is 0.275 e. The summed E-state index contributed by atoms with van der Waals surface area (Å²) < 4.78 is 5.19. The standard InChI is InChI=1S/C23H18Cl3N3O3/c1-13(28-29-23(31)19-11-15(24)6-10-21(19)32-2)14-3-7-17(8-4-14)27-22(30)18-9-5-16(25)12-20(18)26/h3-12H,1-2H3,(H,27,30)(H,29,31)/b28-13-. The molecule has 164 valence electrons. The van der Waals surface area contributed by atoms with E-state index < -0.39 is 5.91 Å². The molecule has 32 heavy (non-hydrogen) atoms. The summed E-state index contributed by atoms with van der Waals surface area (Å²) in [4.78, 5) is 24.9. The lowest BCUT2D eigenvalue weighted by Gasteiger charge is -2.09. The Hall–Kier alpha value is -3.06. The predicted octanol–water partition coefficient (Wildman–Crippen LogP) is 6.06. The molecule has 2 amide bonds. The number of nitrogens with zero attached hydrogens (tertiary/aromatic N) is 1. The zero-order valence-electron chi connectivity index (χ0n) is 17.1. The maximum absolute atomic E-state index is 12.4. The number of rotatable bonds is 6. The van der Waals surface area contributed by atoms with Gasteiger partial charge >= 0.3 is 0 Å². The number of carbonyl (C=O) groups excluding carboxylic acids is 2. The molecule has 0 saturated heterocycles. The molecule has 0 unspecified atom stereocenters. The molecule has 0 bridgehead atoms. The number of carbonyl (C=O) groups is 2. The zero-order chi connectivity index (χ0) is 23.3. The minimum Gasteiger partial charge on any atom is -0.496 e. The van der Waals surface area contributed by atoms with Crippen molar-refractivity contribution in [2.45, 2.75) is 6.92 Å². The fourth-order valence-electron chi connectivity index (χ4n) is 2.78. The van der Waals surface area contributed by atoms with Gasteiger partial charge in [-0.1, -0.05) is 46.9 Å². The lowest BCUT2D eigenvalue weighted by molar-refractivity contribution is 0.0951. The van der Waals surface area contributed by atoms with Gasteiger partial charge in [0.15, 0.2) is 0 Å². The van der Waals surface area contributed by atoms with Crippen molar-refractivity contribution in [2.24, 2.45) is 5.10 Å². The second-order valence-electron chi connectivity index (χ2n) is 6.64. The smallest absolute Gasteiger partial charge is 0.275 e. The van der Waals surface area contributed by atoms with Crippen molar-refractivity contribution >= 4 is 58.0 Å². The number of hydrazone groups is 1. The van der Waals surface area contributed by atoms with Gasteiger partial charge in [-0.05, 0) is 61.0 Å². The Kier molecular flexibility index (Phi) is 7.75. The number of nitrogens with one attached hydrogen (secondary N) is 2. The number of hydrogen-bond acceptors (Lipinski definition) is 4. The molecule has 0 radical (unpaired) electrons. The van der Waals surface area contributed by atoms with Crippen LogP contribution in [0.1, 0.15) is 33.2 Å². The zero-order valence-corrected chi connectivity index (χ0v) is 19.3. The average Bonchev–Trinajstić information content (AvgIpc) is 2.77. The first kappa shape index (κ1) is 23.6. The average molecular weight is 491 g/mol. The lowest BCUT2D eigenvalue weighted by Crippen LogP contribution is -2.20. The minimum absolute atomic E-state index is 0.265. The van der Waals surface area contributed by atoms with Gasteiger partial charge in [-0.3, -0.25) is 9.59 Å². The van der Waals surface area contributed by atoms with Crippen LogP contribution in [0, 0.1) is 0 Å². The van der Waals surface area contributed by atoms with Crippen molar-refractivity contribution < 1.29 is 14.3 Å². The highest BCUT2D eigenvalue weighted by Crippen LogP contribution is 2.23. The Labute approximate surface area is 200 Å². The van der Waals surface area contributed by atoms with Crippen molar-refractivity contribution in [1.82, 2.24) is 5.43 Å². The van der Waals surface area contributed by atoms with Crippen LogP contribution >= 0.6 is 34.8 Å². The summed E-state index contributed by atoms with van der Waals surface area (Å²) >= 11 is 17.9. The molecule has 0 aliphatic heterocycles. The number of ether oxygens (including phenoxy) is 1. The van der Waals surface area contributed by atoms with Gasteiger partial charge in [-0.25, -0.2) is 5.43 Å². The Balaban J connectivity index is 1.67. The normalized spacial score (nSPS) is 11.1. The molecule has 0 aromatic heterocycles. The molecule has 0 saturated carbocycles. The predicted molar refractivity (Wildman–Crippen MR) is 129 cm³/mol. The Morgan fingerprint density at radius 3 is 2.16 bits per heavy atom. The van der Waals surface area contributed by atoms with Crippen LogP contribution in [0.25, 0.3) is 0 Å². The van der Waals surface area contributed by atoms with E-state index in [0.717, 1.165) is 5.56 Å². The third kappa shape index (κ3) is 5.79. The van der Waals surface area contributed by atoms with Crippen LogP contribution in [0.2, 0.25) is 15.1 Å². The van der Waals surface area contributed by atoms with E-state index in [-0.39, 0.29) is 16.5 Å². The van der Waals surface area contributed by atoms with Crippen LogP contribution in [0.4, 0.5) is 5.69 Å². The van der Waals surface area contributed by atoms with Gasteiger partial charge in [0.05, 0.1) is 29.0 Å². The van der Waals surface area contributed by atoms with Crippen molar-refractivity contribution in [1.29, 1.82) is 0 Å². The highest BCUT2D eigenvalue weighted by atomic mass is 35.5. The summed E-state index contributed by atoms with van der Waals surface area (Å²) in [5, 5.41) is 8.03. The van der Waals surface area contributed by atoms with E-state index >= 15 is 0 Å². The molecule has 6 nitrogen and oxygen atoms in total. The van der Waals surface area contributed by atoms with E-state index in [9.17, 15) is 9.59 Å². The van der Waals surface area contributed by atoms with Crippen molar-refractivity contribution in [2.75, 3.05) is 12.4 Å². The fourth-order valence-corrected chi connectivity index (χ4v) is 3.45. The van der Waals surface area contributed by atoms with Crippen molar-refractivity contribution in [3.63, 3.8) is 0 Å². The molecule has 0 fully saturated rings. The third-order valence-corrected chi connectivity index (χ3v) is 5.25. The highest BCUT2D eigenvalue weighted by molar-refractivity contribution is 6.37. The molecular formula is C23H18Cl3N3O3. The van der Waals surface area contributed by atoms with E-state index in [0.29, 0.717) is 32.8 Å². The molecule has 0 aliphatic carbocycles. The summed E-state index contributed by atoms with van der Waals surface area (Å²) in [6.45, 7) is 1.75. The Morgan fingerprint density at radius 1 is 0.844 bits per heavy atom. The summed E-state index contributed by atoms with van der Waals surface area (Å²) in [5.41, 5.74) is 4.98. The van der Waals surface area contributed by atoms with Crippen LogP contribution in [0.3, 0.4) is 0 Å². The molecule has 0 heterocycles. The van der Waals surface area contributed by atoms with Gasteiger partial charge in [0, 0.05) is 15.7 Å². The molecule has 0 spiro atoms. The van der Waals surface area contributed by atoms with Crippen molar-refractivity contribution in [3.8, 4) is 5.75 Å². The van der Waals surface area contributed by atoms with E-state index in [2.05, 4.69) is 15.8 Å². The Bertz CT molecular complexity index is 1190. The first-order valence-electron chi connectivity index (χ1n) is 9.33. The minimum atomic E-state index is -0.451. The second kappa shape index (κ2) is 10.5. The molecular weight excluding hydrogens is 473 g/mol. The van der Waals surface area contributed by atoms with E-state index in [1.54, 1.807) is 55.5 Å². The number of methoxy groups -OCH3 is 1. The third-order valence-electron chi connectivity index (χ3n) is 4.47. The largest absolute Gasteiger partial charge is 0.496 e. The van der Waals surface area contributed by atoms with E-state index in [1.165, 1.54) is 19.2 Å². The molecule has 9 heteroatoms. The van der Waals surface area contributed by atoms with Gasteiger partial charge < -0.3 is 10.1 Å². The molecule has 0 atom stereocenters. The molecule has 2 N–H and O–H groups in total. The van der Waals surface area contributed by atoms with Crippen LogP contribution in [-0.4, -0.2) is 24.6 Å². The number of anilines is 1. The summed E-state index contributed by atoms with van der Waals surface area (Å²) in [7, 11) is 1.47. The Morgan fingerprint density at radius 2 is 1.50 bits per heavy atom. The van der Waals surface area contributed by atoms with Crippen LogP contribution < -0.4 is 15.5 Å². The summed E-state index contributed by atoms with van der Waals surface area (Å²) in [5.74, 6) is -0.416. The van der Waals surface area contributed by atoms with Crippen LogP contribution in [-0.2, 0) is 0 Å². The van der Waals surface area contributed by atoms with E-state index in [4.69, 9.17) is 39.5 Å². The second-order valence-corrected chi connectivity index (χ2v) is 7.92. The monoisotopic (exact) mass is 489 g/mol.